The van der Waals surface area contributed by atoms with E-state index in [1.807, 2.05) is 36.9 Å². The molecular weight excluding hydrogens is 322 g/mol. The Morgan fingerprint density at radius 1 is 1.08 bits per heavy atom. The molecule has 1 N–H and O–H groups in total. The van der Waals surface area contributed by atoms with Gasteiger partial charge in [-0.15, -0.1) is 0 Å². The smallest absolute Gasteiger partial charge is 0.271 e. The highest BCUT2D eigenvalue weighted by atomic mass is 32.1. The maximum atomic E-state index is 12.9. The largest absolute Gasteiger partial charge is 0.377 e. The lowest BCUT2D eigenvalue weighted by molar-refractivity contribution is -0.122. The van der Waals surface area contributed by atoms with Gasteiger partial charge in [0.05, 0.1) is 5.69 Å². The summed E-state index contributed by atoms with van der Waals surface area (Å²) in [5, 5.41) is 2.76. The maximum absolute atomic E-state index is 12.9. The van der Waals surface area contributed by atoms with Gasteiger partial charge >= 0.3 is 0 Å². The Morgan fingerprint density at radius 3 is 2.46 bits per heavy atom. The minimum Gasteiger partial charge on any atom is -0.377 e. The number of piperidine rings is 1. The van der Waals surface area contributed by atoms with Gasteiger partial charge in [-0.1, -0.05) is 6.07 Å². The molecule has 0 aromatic heterocycles. The van der Waals surface area contributed by atoms with Crippen LogP contribution in [0.25, 0.3) is 0 Å². The van der Waals surface area contributed by atoms with E-state index in [2.05, 4.69) is 5.32 Å². The van der Waals surface area contributed by atoms with E-state index in [4.69, 9.17) is 12.2 Å². The molecular formula is C18H21N3O2S. The van der Waals surface area contributed by atoms with Crippen molar-refractivity contribution in [2.45, 2.75) is 33.1 Å². The molecule has 0 saturated carbocycles. The lowest BCUT2D eigenvalue weighted by Crippen LogP contribution is -2.54. The van der Waals surface area contributed by atoms with Crippen molar-refractivity contribution in [3.63, 3.8) is 0 Å². The van der Waals surface area contributed by atoms with Crippen molar-refractivity contribution in [1.29, 1.82) is 0 Å². The van der Waals surface area contributed by atoms with Crippen LogP contribution in [0, 0.1) is 13.8 Å². The van der Waals surface area contributed by atoms with E-state index in [9.17, 15) is 9.59 Å². The van der Waals surface area contributed by atoms with Gasteiger partial charge in [-0.05, 0) is 68.6 Å². The summed E-state index contributed by atoms with van der Waals surface area (Å²) in [5.41, 5.74) is 3.03. The molecule has 2 fully saturated rings. The Morgan fingerprint density at radius 2 is 1.79 bits per heavy atom. The van der Waals surface area contributed by atoms with Crippen LogP contribution in [0.5, 0.6) is 0 Å². The fourth-order valence-electron chi connectivity index (χ4n) is 2.97. The summed E-state index contributed by atoms with van der Waals surface area (Å²) in [5.74, 6) is -0.784. The summed E-state index contributed by atoms with van der Waals surface area (Å²) in [6.45, 7) is 5.74. The number of nitrogens with one attached hydrogen (secondary N) is 1. The summed E-state index contributed by atoms with van der Waals surface area (Å²) >= 11 is 5.23. The first kappa shape index (κ1) is 16.6. The maximum Gasteiger partial charge on any atom is 0.271 e. The number of hydrogen-bond acceptors (Lipinski definition) is 4. The zero-order valence-electron chi connectivity index (χ0n) is 14.0. The Labute approximate surface area is 147 Å². The predicted molar refractivity (Wildman–Crippen MR) is 97.6 cm³/mol. The fourth-order valence-corrected chi connectivity index (χ4v) is 3.25. The van der Waals surface area contributed by atoms with Gasteiger partial charge in [-0.25, -0.2) is 0 Å². The second-order valence-electron chi connectivity index (χ2n) is 6.31. The molecule has 6 heteroatoms. The molecule has 0 spiro atoms. The molecule has 0 unspecified atom stereocenters. The summed E-state index contributed by atoms with van der Waals surface area (Å²) in [4.78, 5) is 28.6. The first-order valence-electron chi connectivity index (χ1n) is 8.20. The minimum atomic E-state index is -0.421. The molecule has 0 aliphatic carbocycles. The number of hydrogen-bond donors (Lipinski definition) is 1. The highest BCUT2D eigenvalue weighted by Gasteiger charge is 2.35. The van der Waals surface area contributed by atoms with E-state index in [0.29, 0.717) is 5.69 Å². The molecule has 2 aliphatic heterocycles. The SMILES string of the molecule is Cc1ccc(N2C(=O)/C(=C\N3CCCCC3)C(=O)NC2=S)cc1C. The molecule has 5 nitrogen and oxygen atoms in total. The van der Waals surface area contributed by atoms with Gasteiger partial charge in [0.2, 0.25) is 0 Å². The molecule has 2 heterocycles. The third-order valence-electron chi connectivity index (χ3n) is 4.55. The highest BCUT2D eigenvalue weighted by Crippen LogP contribution is 2.24. The number of anilines is 1. The first-order valence-corrected chi connectivity index (χ1v) is 8.61. The van der Waals surface area contributed by atoms with Crippen LogP contribution >= 0.6 is 12.2 Å². The molecule has 1 aromatic rings. The summed E-state index contributed by atoms with van der Waals surface area (Å²) in [7, 11) is 0. The molecule has 1 aromatic carbocycles. The molecule has 3 rings (SSSR count). The quantitative estimate of drug-likeness (QED) is 0.509. The van der Waals surface area contributed by atoms with Gasteiger partial charge in [-0.2, -0.15) is 0 Å². The van der Waals surface area contributed by atoms with Crippen LogP contribution in [-0.4, -0.2) is 34.9 Å². The van der Waals surface area contributed by atoms with E-state index in [1.165, 1.54) is 11.3 Å². The van der Waals surface area contributed by atoms with Crippen LogP contribution in [0.2, 0.25) is 0 Å². The van der Waals surface area contributed by atoms with Crippen molar-refractivity contribution in [3.05, 3.63) is 41.1 Å². The van der Waals surface area contributed by atoms with Crippen molar-refractivity contribution in [3.8, 4) is 0 Å². The molecule has 0 bridgehead atoms. The van der Waals surface area contributed by atoms with Crippen LogP contribution in [0.1, 0.15) is 30.4 Å². The molecule has 2 aliphatic rings. The van der Waals surface area contributed by atoms with Gasteiger partial charge in [0.25, 0.3) is 11.8 Å². The molecule has 2 amide bonds. The number of benzene rings is 1. The minimum absolute atomic E-state index is 0.129. The average Bonchev–Trinajstić information content (AvgIpc) is 2.55. The monoisotopic (exact) mass is 343 g/mol. The van der Waals surface area contributed by atoms with Crippen molar-refractivity contribution in [2.75, 3.05) is 18.0 Å². The Kier molecular flexibility index (Phi) is 4.66. The molecule has 2 saturated heterocycles. The highest BCUT2D eigenvalue weighted by molar-refractivity contribution is 7.80. The Hall–Kier alpha value is -2.21. The van der Waals surface area contributed by atoms with Gasteiger partial charge in [-0.3, -0.25) is 19.8 Å². The molecule has 0 atom stereocenters. The van der Waals surface area contributed by atoms with Crippen molar-refractivity contribution in [2.24, 2.45) is 0 Å². The average molecular weight is 343 g/mol. The predicted octanol–water partition coefficient (Wildman–Crippen LogP) is 2.42. The van der Waals surface area contributed by atoms with Crippen molar-refractivity contribution in [1.82, 2.24) is 10.2 Å². The third-order valence-corrected chi connectivity index (χ3v) is 4.84. The summed E-state index contributed by atoms with van der Waals surface area (Å²) < 4.78 is 0. The van der Waals surface area contributed by atoms with Gasteiger partial charge in [0.15, 0.2) is 5.11 Å². The molecule has 126 valence electrons. The number of aryl methyl sites for hydroxylation is 2. The zero-order chi connectivity index (χ0) is 17.3. The van der Waals surface area contributed by atoms with Gasteiger partial charge in [0.1, 0.15) is 5.57 Å². The zero-order valence-corrected chi connectivity index (χ0v) is 14.8. The Bertz CT molecular complexity index is 736. The molecule has 24 heavy (non-hydrogen) atoms. The second kappa shape index (κ2) is 6.73. The van der Waals surface area contributed by atoms with E-state index >= 15 is 0 Å². The molecule has 0 radical (unpaired) electrons. The first-order chi connectivity index (χ1) is 11.5. The second-order valence-corrected chi connectivity index (χ2v) is 6.69. The van der Waals surface area contributed by atoms with Crippen LogP contribution in [0.3, 0.4) is 0 Å². The summed E-state index contributed by atoms with van der Waals surface area (Å²) in [6.07, 6.45) is 5.04. The lowest BCUT2D eigenvalue weighted by atomic mass is 10.1. The van der Waals surface area contributed by atoms with E-state index in [0.717, 1.165) is 37.1 Å². The van der Waals surface area contributed by atoms with Crippen molar-refractivity contribution < 1.29 is 9.59 Å². The number of thiocarbonyl (C=S) groups is 1. The van der Waals surface area contributed by atoms with E-state index < -0.39 is 5.91 Å². The number of carbonyl (C=O) groups is 2. The van der Waals surface area contributed by atoms with Gasteiger partial charge in [0, 0.05) is 19.3 Å². The Balaban J connectivity index is 1.93. The number of rotatable bonds is 2. The van der Waals surface area contributed by atoms with Crippen molar-refractivity contribution >= 4 is 34.8 Å². The number of carbonyl (C=O) groups excluding carboxylic acids is 2. The number of amides is 2. The van der Waals surface area contributed by atoms with Crippen LogP contribution < -0.4 is 10.2 Å². The fraction of sp³-hybridized carbons (Fsp3) is 0.389. The number of nitrogens with zero attached hydrogens (tertiary/aromatic N) is 2. The van der Waals surface area contributed by atoms with Gasteiger partial charge < -0.3 is 4.90 Å². The standard InChI is InChI=1S/C18H21N3O2S/c1-12-6-7-14(10-13(12)2)21-17(23)15(16(22)19-18(21)24)11-20-8-4-3-5-9-20/h6-7,10-11H,3-5,8-9H2,1-2H3,(H,19,22,24)/b15-11-. The number of likely N-dealkylation sites (tertiary alicyclic amines) is 1. The van der Waals surface area contributed by atoms with Crippen LogP contribution in [-0.2, 0) is 9.59 Å². The van der Waals surface area contributed by atoms with Crippen LogP contribution in [0.4, 0.5) is 5.69 Å². The topological polar surface area (TPSA) is 52.7 Å². The summed E-state index contributed by atoms with van der Waals surface area (Å²) in [6, 6.07) is 5.71. The van der Waals surface area contributed by atoms with E-state index in [-0.39, 0.29) is 16.6 Å². The third kappa shape index (κ3) is 3.19. The lowest BCUT2D eigenvalue weighted by Gasteiger charge is -2.31. The van der Waals surface area contributed by atoms with E-state index in [1.54, 1.807) is 6.20 Å². The normalized spacial score (nSPS) is 20.6. The van der Waals surface area contributed by atoms with Crippen LogP contribution in [0.15, 0.2) is 30.0 Å².